The Bertz CT molecular complexity index is 2180. The zero-order valence-corrected chi connectivity index (χ0v) is 36.5. The van der Waals surface area contributed by atoms with E-state index in [4.69, 9.17) is 9.97 Å². The average molecular weight is 763 g/mol. The third kappa shape index (κ3) is 8.16. The first-order chi connectivity index (χ1) is 27.3. The van der Waals surface area contributed by atoms with Gasteiger partial charge in [0.1, 0.15) is 12.7 Å². The molecule has 0 bridgehead atoms. The van der Waals surface area contributed by atoms with Crippen molar-refractivity contribution in [2.24, 2.45) is 0 Å². The van der Waals surface area contributed by atoms with Crippen molar-refractivity contribution in [1.82, 2.24) is 19.9 Å². The number of nitrogens with zero attached hydrogens (tertiary/aromatic N) is 4. The maximum absolute atomic E-state index is 5.06. The van der Waals surface area contributed by atoms with Gasteiger partial charge in [0.25, 0.3) is 0 Å². The molecule has 0 amide bonds. The van der Waals surface area contributed by atoms with Gasteiger partial charge in [-0.05, 0) is 78.3 Å². The molecule has 0 aliphatic heterocycles. The molecule has 0 aliphatic carbocycles. The molecule has 58 heavy (non-hydrogen) atoms. The minimum absolute atomic E-state index is 0.00517. The van der Waals surface area contributed by atoms with Gasteiger partial charge in [-0.1, -0.05) is 180 Å². The molecule has 0 spiro atoms. The summed E-state index contributed by atoms with van der Waals surface area (Å²) in [5, 5.41) is 0. The van der Waals surface area contributed by atoms with Crippen LogP contribution in [0.4, 0.5) is 0 Å². The van der Waals surface area contributed by atoms with Crippen molar-refractivity contribution in [3.8, 4) is 67.0 Å². The maximum atomic E-state index is 5.06. The van der Waals surface area contributed by atoms with E-state index in [1.807, 2.05) is 12.4 Å². The van der Waals surface area contributed by atoms with E-state index in [-0.39, 0.29) is 21.7 Å². The second-order valence-electron chi connectivity index (χ2n) is 19.7. The molecule has 0 radical (unpaired) electrons. The number of aromatic nitrogens is 4. The van der Waals surface area contributed by atoms with Crippen LogP contribution in [0.15, 0.2) is 134 Å². The highest BCUT2D eigenvalue weighted by Gasteiger charge is 2.31. The second-order valence-corrected chi connectivity index (χ2v) is 19.7. The molecule has 7 aromatic rings. The minimum atomic E-state index is -0.00517. The van der Waals surface area contributed by atoms with Crippen molar-refractivity contribution in [3.05, 3.63) is 156 Å². The smallest absolute Gasteiger partial charge is 0.116 e. The van der Waals surface area contributed by atoms with Gasteiger partial charge in [0.2, 0.25) is 0 Å². The molecule has 0 N–H and O–H groups in total. The molecule has 7 rings (SSSR count). The summed E-state index contributed by atoms with van der Waals surface area (Å²) in [7, 11) is 0. The quantitative estimate of drug-likeness (QED) is 0.169. The summed E-state index contributed by atoms with van der Waals surface area (Å²) in [6.07, 6.45) is 7.05. The van der Waals surface area contributed by atoms with Gasteiger partial charge in [0.15, 0.2) is 0 Å². The summed E-state index contributed by atoms with van der Waals surface area (Å²) >= 11 is 0. The normalized spacial score (nSPS) is 12.5. The van der Waals surface area contributed by atoms with Gasteiger partial charge in [0, 0.05) is 45.8 Å². The van der Waals surface area contributed by atoms with E-state index in [2.05, 4.69) is 202 Å². The van der Waals surface area contributed by atoms with E-state index in [1.165, 1.54) is 22.3 Å². The summed E-state index contributed by atoms with van der Waals surface area (Å²) in [6, 6.07) is 40.7. The Labute approximate surface area is 346 Å². The van der Waals surface area contributed by atoms with Crippen LogP contribution < -0.4 is 0 Å². The van der Waals surface area contributed by atoms with E-state index >= 15 is 0 Å². The second kappa shape index (κ2) is 15.2. The van der Waals surface area contributed by atoms with Crippen LogP contribution in [0.5, 0.6) is 0 Å². The molecule has 5 aromatic carbocycles. The Hall–Kier alpha value is -5.74. The van der Waals surface area contributed by atoms with Crippen LogP contribution in [0.3, 0.4) is 0 Å². The van der Waals surface area contributed by atoms with Gasteiger partial charge < -0.3 is 0 Å². The van der Waals surface area contributed by atoms with Crippen LogP contribution in [0, 0.1) is 0 Å². The molecule has 0 saturated carbocycles. The lowest BCUT2D eigenvalue weighted by Gasteiger charge is -2.29. The monoisotopic (exact) mass is 762 g/mol. The number of hydrogen-bond acceptors (Lipinski definition) is 4. The Kier molecular flexibility index (Phi) is 10.6. The first-order valence-electron chi connectivity index (χ1n) is 20.5. The molecule has 4 heteroatoms. The van der Waals surface area contributed by atoms with Crippen LogP contribution in [0.1, 0.15) is 105 Å². The molecule has 0 atom stereocenters. The molecular formula is C54H58N4. The summed E-state index contributed by atoms with van der Waals surface area (Å²) in [5.41, 5.74) is 17.7. The fourth-order valence-electron chi connectivity index (χ4n) is 7.84. The van der Waals surface area contributed by atoms with Crippen molar-refractivity contribution < 1.29 is 0 Å². The lowest BCUT2D eigenvalue weighted by atomic mass is 9.74. The van der Waals surface area contributed by atoms with Gasteiger partial charge in [-0.25, -0.2) is 19.9 Å². The van der Waals surface area contributed by atoms with E-state index in [9.17, 15) is 0 Å². The Balaban J connectivity index is 1.76. The maximum Gasteiger partial charge on any atom is 0.116 e. The summed E-state index contributed by atoms with van der Waals surface area (Å²) in [5.74, 6) is 0. The summed E-state index contributed by atoms with van der Waals surface area (Å²) in [4.78, 5) is 19.0. The van der Waals surface area contributed by atoms with Crippen LogP contribution in [-0.4, -0.2) is 19.9 Å². The predicted molar refractivity (Wildman–Crippen MR) is 245 cm³/mol. The average Bonchev–Trinajstić information content (AvgIpc) is 3.19. The minimum Gasteiger partial charge on any atom is -0.245 e. The van der Waals surface area contributed by atoms with Crippen molar-refractivity contribution in [1.29, 1.82) is 0 Å². The number of hydrogen-bond donors (Lipinski definition) is 0. The topological polar surface area (TPSA) is 51.6 Å². The van der Waals surface area contributed by atoms with Gasteiger partial charge >= 0.3 is 0 Å². The molecule has 0 aliphatic rings. The number of benzene rings is 5. The Morgan fingerprint density at radius 3 is 0.672 bits per heavy atom. The molecule has 294 valence electrons. The first kappa shape index (κ1) is 40.5. The van der Waals surface area contributed by atoms with Crippen LogP contribution in [0.25, 0.3) is 67.0 Å². The van der Waals surface area contributed by atoms with Crippen molar-refractivity contribution in [2.75, 3.05) is 0 Å². The summed E-state index contributed by atoms with van der Waals surface area (Å²) in [6.45, 7) is 27.2. The van der Waals surface area contributed by atoms with Crippen LogP contribution in [-0.2, 0) is 21.7 Å². The van der Waals surface area contributed by atoms with Gasteiger partial charge in [-0.2, -0.15) is 0 Å². The van der Waals surface area contributed by atoms with E-state index in [0.29, 0.717) is 0 Å². The molecule has 2 heterocycles. The lowest BCUT2D eigenvalue weighted by Crippen LogP contribution is -2.11. The zero-order chi connectivity index (χ0) is 41.6. The third-order valence-electron chi connectivity index (χ3n) is 11.3. The Morgan fingerprint density at radius 1 is 0.276 bits per heavy atom. The fraction of sp³-hybridized carbons (Fsp3) is 0.296. The van der Waals surface area contributed by atoms with E-state index in [1.54, 1.807) is 12.7 Å². The van der Waals surface area contributed by atoms with Crippen molar-refractivity contribution in [2.45, 2.75) is 105 Å². The van der Waals surface area contributed by atoms with Gasteiger partial charge in [-0.15, -0.1) is 0 Å². The molecule has 4 nitrogen and oxygen atoms in total. The first-order valence-corrected chi connectivity index (χ1v) is 20.5. The highest BCUT2D eigenvalue weighted by molar-refractivity contribution is 6.14. The fourth-order valence-corrected chi connectivity index (χ4v) is 7.84. The summed E-state index contributed by atoms with van der Waals surface area (Å²) < 4.78 is 0. The molecule has 0 saturated heterocycles. The van der Waals surface area contributed by atoms with Gasteiger partial charge in [0.05, 0.1) is 11.4 Å². The van der Waals surface area contributed by atoms with Crippen molar-refractivity contribution in [3.63, 3.8) is 0 Å². The van der Waals surface area contributed by atoms with Crippen molar-refractivity contribution >= 4 is 0 Å². The standard InChI is InChI=1S/C54H58N4/c1-51(2,3)39-21-13-35(14-22-39)45-46(36-15-23-40(24-16-36)52(4,5)6)50(44-30-32-56-34-58-44)48(38-19-27-42(28-20-38)54(10,11)12)47(49(45)43-29-31-55-33-57-43)37-17-25-41(26-18-37)53(7,8)9/h13-34H,1-12H3. The lowest BCUT2D eigenvalue weighted by molar-refractivity contribution is 0.590. The van der Waals surface area contributed by atoms with Crippen LogP contribution in [0.2, 0.25) is 0 Å². The van der Waals surface area contributed by atoms with E-state index in [0.717, 1.165) is 67.0 Å². The predicted octanol–water partition coefficient (Wildman–Crippen LogP) is 14.5. The molecule has 0 fully saturated rings. The molecule has 0 unspecified atom stereocenters. The molecule has 2 aromatic heterocycles. The highest BCUT2D eigenvalue weighted by atomic mass is 14.8. The zero-order valence-electron chi connectivity index (χ0n) is 36.5. The van der Waals surface area contributed by atoms with Crippen LogP contribution >= 0.6 is 0 Å². The van der Waals surface area contributed by atoms with Gasteiger partial charge in [-0.3, -0.25) is 0 Å². The largest absolute Gasteiger partial charge is 0.245 e. The third-order valence-corrected chi connectivity index (χ3v) is 11.3. The molecular weight excluding hydrogens is 705 g/mol. The number of rotatable bonds is 6. The highest BCUT2D eigenvalue weighted by Crippen LogP contribution is 2.55. The SMILES string of the molecule is CC(C)(C)c1ccc(-c2c(-c3ccc(C(C)(C)C)cc3)c(-c3ccncn3)c(-c3ccc(C(C)(C)C)cc3)c(-c3ccc(C(C)(C)C)cc3)c2-c2ccncn2)cc1. The van der Waals surface area contributed by atoms with E-state index < -0.39 is 0 Å². The Morgan fingerprint density at radius 2 is 0.500 bits per heavy atom.